The van der Waals surface area contributed by atoms with Crippen molar-refractivity contribution < 1.29 is 4.39 Å². The molecule has 2 N–H and O–H groups in total. The van der Waals surface area contributed by atoms with Crippen molar-refractivity contribution in [1.82, 2.24) is 0 Å². The standard InChI is InChI=1S/C15H16BrFN2/c1-3-19(14-7-5-4-6-10(14)2)15-8-11(16)12(17)9-13(15)18/h4-9H,3,18H2,1-2H3. The normalized spacial score (nSPS) is 10.5. The zero-order chi connectivity index (χ0) is 14.0. The molecule has 0 fully saturated rings. The van der Waals surface area contributed by atoms with Gasteiger partial charge in [-0.15, -0.1) is 0 Å². The van der Waals surface area contributed by atoms with Crippen molar-refractivity contribution in [3.63, 3.8) is 0 Å². The van der Waals surface area contributed by atoms with Gasteiger partial charge in [-0.25, -0.2) is 4.39 Å². The molecule has 2 aromatic rings. The first-order valence-corrected chi connectivity index (χ1v) is 6.91. The average molecular weight is 323 g/mol. The molecule has 0 radical (unpaired) electrons. The summed E-state index contributed by atoms with van der Waals surface area (Å²) in [7, 11) is 0. The largest absolute Gasteiger partial charge is 0.397 e. The van der Waals surface area contributed by atoms with Gasteiger partial charge in [0, 0.05) is 18.3 Å². The highest BCUT2D eigenvalue weighted by molar-refractivity contribution is 9.10. The number of hydrogen-bond donors (Lipinski definition) is 1. The molecule has 2 aromatic carbocycles. The summed E-state index contributed by atoms with van der Waals surface area (Å²) >= 11 is 3.21. The van der Waals surface area contributed by atoms with Crippen LogP contribution in [0.3, 0.4) is 0 Å². The first kappa shape index (κ1) is 13.9. The van der Waals surface area contributed by atoms with Gasteiger partial charge in [-0.05, 0) is 47.5 Å². The van der Waals surface area contributed by atoms with Gasteiger partial charge in [0.2, 0.25) is 0 Å². The Labute approximate surface area is 121 Å². The highest BCUT2D eigenvalue weighted by Gasteiger charge is 2.14. The summed E-state index contributed by atoms with van der Waals surface area (Å²) in [5, 5.41) is 0. The summed E-state index contributed by atoms with van der Waals surface area (Å²) < 4.78 is 13.9. The van der Waals surface area contributed by atoms with E-state index >= 15 is 0 Å². The van der Waals surface area contributed by atoms with Crippen LogP contribution in [0.4, 0.5) is 21.5 Å². The second kappa shape index (κ2) is 5.61. The third-order valence-electron chi connectivity index (χ3n) is 3.08. The van der Waals surface area contributed by atoms with E-state index in [0.29, 0.717) is 10.2 Å². The maximum Gasteiger partial charge on any atom is 0.139 e. The molecule has 0 atom stereocenters. The monoisotopic (exact) mass is 322 g/mol. The van der Waals surface area contributed by atoms with E-state index in [2.05, 4.69) is 20.8 Å². The minimum absolute atomic E-state index is 0.345. The van der Waals surface area contributed by atoms with E-state index < -0.39 is 0 Å². The van der Waals surface area contributed by atoms with Gasteiger partial charge in [0.25, 0.3) is 0 Å². The molecule has 2 nitrogen and oxygen atoms in total. The maximum absolute atomic E-state index is 13.5. The van der Waals surface area contributed by atoms with Gasteiger partial charge in [0.1, 0.15) is 5.82 Å². The summed E-state index contributed by atoms with van der Waals surface area (Å²) in [6.07, 6.45) is 0. The Morgan fingerprint density at radius 2 is 1.89 bits per heavy atom. The molecule has 0 heterocycles. The number of hydrogen-bond acceptors (Lipinski definition) is 2. The third-order valence-corrected chi connectivity index (χ3v) is 3.69. The van der Waals surface area contributed by atoms with Gasteiger partial charge in [0.15, 0.2) is 0 Å². The van der Waals surface area contributed by atoms with E-state index in [-0.39, 0.29) is 5.82 Å². The highest BCUT2D eigenvalue weighted by Crippen LogP contribution is 2.35. The van der Waals surface area contributed by atoms with Crippen LogP contribution < -0.4 is 10.6 Å². The Bertz CT molecular complexity index is 599. The summed E-state index contributed by atoms with van der Waals surface area (Å²) in [5.41, 5.74) is 9.43. The lowest BCUT2D eigenvalue weighted by molar-refractivity contribution is 0.622. The molecule has 2 rings (SSSR count). The second-order valence-electron chi connectivity index (χ2n) is 4.36. The third kappa shape index (κ3) is 2.73. The molecule has 0 aliphatic heterocycles. The van der Waals surface area contributed by atoms with Gasteiger partial charge in [-0.3, -0.25) is 0 Å². The lowest BCUT2D eigenvalue weighted by atomic mass is 10.1. The number of nitrogen functional groups attached to an aromatic ring is 1. The fourth-order valence-electron chi connectivity index (χ4n) is 2.12. The van der Waals surface area contributed by atoms with E-state index in [1.54, 1.807) is 6.07 Å². The van der Waals surface area contributed by atoms with Crippen molar-refractivity contribution in [3.05, 3.63) is 52.3 Å². The van der Waals surface area contributed by atoms with Crippen LogP contribution in [0.15, 0.2) is 40.9 Å². The number of anilines is 3. The molecule has 0 unspecified atom stereocenters. The molecular formula is C15H16BrFN2. The number of halogens is 2. The summed E-state index contributed by atoms with van der Waals surface area (Å²) in [5.74, 6) is -0.345. The van der Waals surface area contributed by atoms with Crippen LogP contribution in [0.5, 0.6) is 0 Å². The Hall–Kier alpha value is -1.55. The van der Waals surface area contributed by atoms with Crippen LogP contribution in [-0.4, -0.2) is 6.54 Å². The van der Waals surface area contributed by atoms with Gasteiger partial charge in [0.05, 0.1) is 15.8 Å². The molecule has 0 aliphatic carbocycles. The summed E-state index contributed by atoms with van der Waals surface area (Å²) in [6, 6.07) is 11.1. The Morgan fingerprint density at radius 1 is 1.21 bits per heavy atom. The van der Waals surface area contributed by atoms with Gasteiger partial charge in [-0.1, -0.05) is 18.2 Å². The Morgan fingerprint density at radius 3 is 2.53 bits per heavy atom. The Balaban J connectivity index is 2.55. The van der Waals surface area contributed by atoms with Crippen molar-refractivity contribution >= 4 is 33.0 Å². The predicted molar refractivity (Wildman–Crippen MR) is 82.4 cm³/mol. The van der Waals surface area contributed by atoms with Crippen LogP contribution in [0.1, 0.15) is 12.5 Å². The fourth-order valence-corrected chi connectivity index (χ4v) is 2.45. The first-order chi connectivity index (χ1) is 9.04. The van der Waals surface area contributed by atoms with Crippen LogP contribution >= 0.6 is 15.9 Å². The first-order valence-electron chi connectivity index (χ1n) is 6.12. The summed E-state index contributed by atoms with van der Waals surface area (Å²) in [4.78, 5) is 2.08. The predicted octanol–water partition coefficient (Wildman–Crippen LogP) is 4.64. The molecule has 4 heteroatoms. The van der Waals surface area contributed by atoms with E-state index in [4.69, 9.17) is 5.73 Å². The molecule has 0 saturated carbocycles. The molecule has 0 aromatic heterocycles. The van der Waals surface area contributed by atoms with Gasteiger partial charge >= 0.3 is 0 Å². The zero-order valence-electron chi connectivity index (χ0n) is 11.0. The molecule has 19 heavy (non-hydrogen) atoms. The number of rotatable bonds is 3. The van der Waals surface area contributed by atoms with Crippen molar-refractivity contribution in [3.8, 4) is 0 Å². The minimum Gasteiger partial charge on any atom is -0.397 e. The Kier molecular flexibility index (Phi) is 4.10. The van der Waals surface area contributed by atoms with Crippen LogP contribution in [0, 0.1) is 12.7 Å². The number of para-hydroxylation sites is 1. The SMILES string of the molecule is CCN(c1ccccc1C)c1cc(Br)c(F)cc1N. The molecule has 0 aliphatic rings. The maximum atomic E-state index is 13.5. The average Bonchev–Trinajstić information content (AvgIpc) is 2.38. The van der Waals surface area contributed by atoms with Gasteiger partial charge < -0.3 is 10.6 Å². The van der Waals surface area contributed by atoms with Crippen LogP contribution in [-0.2, 0) is 0 Å². The molecule has 0 spiro atoms. The lowest BCUT2D eigenvalue weighted by Gasteiger charge is -2.26. The molecule has 0 bridgehead atoms. The number of benzene rings is 2. The van der Waals surface area contributed by atoms with E-state index in [1.165, 1.54) is 6.07 Å². The van der Waals surface area contributed by atoms with E-state index in [9.17, 15) is 4.39 Å². The fraction of sp³-hybridized carbons (Fsp3) is 0.200. The van der Waals surface area contributed by atoms with Crippen LogP contribution in [0.2, 0.25) is 0 Å². The minimum atomic E-state index is -0.345. The van der Waals surface area contributed by atoms with Crippen molar-refractivity contribution in [2.24, 2.45) is 0 Å². The van der Waals surface area contributed by atoms with E-state index in [1.807, 2.05) is 38.1 Å². The second-order valence-corrected chi connectivity index (χ2v) is 5.21. The lowest BCUT2D eigenvalue weighted by Crippen LogP contribution is -2.18. The van der Waals surface area contributed by atoms with Crippen molar-refractivity contribution in [1.29, 1.82) is 0 Å². The molecule has 0 amide bonds. The molecular weight excluding hydrogens is 307 g/mol. The number of nitrogens with two attached hydrogens (primary N) is 1. The van der Waals surface area contributed by atoms with Crippen molar-refractivity contribution in [2.75, 3.05) is 17.2 Å². The van der Waals surface area contributed by atoms with Gasteiger partial charge in [-0.2, -0.15) is 0 Å². The number of aryl methyl sites for hydroxylation is 1. The molecule has 0 saturated heterocycles. The topological polar surface area (TPSA) is 29.3 Å². The van der Waals surface area contributed by atoms with Crippen molar-refractivity contribution in [2.45, 2.75) is 13.8 Å². The number of nitrogens with zero attached hydrogens (tertiary/aromatic N) is 1. The zero-order valence-corrected chi connectivity index (χ0v) is 12.5. The highest BCUT2D eigenvalue weighted by atomic mass is 79.9. The smallest absolute Gasteiger partial charge is 0.139 e. The quantitative estimate of drug-likeness (QED) is 0.834. The summed E-state index contributed by atoms with van der Waals surface area (Å²) in [6.45, 7) is 4.85. The van der Waals surface area contributed by atoms with Crippen LogP contribution in [0.25, 0.3) is 0 Å². The molecule has 100 valence electrons. The van der Waals surface area contributed by atoms with E-state index in [0.717, 1.165) is 23.5 Å².